The number of carbonyl (C=O) groups is 2. The third-order valence-electron chi connectivity index (χ3n) is 4.35. The number of nitrogens with one attached hydrogen (secondary N) is 1. The summed E-state index contributed by atoms with van der Waals surface area (Å²) in [5.41, 5.74) is 1.58. The second-order valence-electron chi connectivity index (χ2n) is 6.51. The van der Waals surface area contributed by atoms with Crippen LogP contribution in [-0.2, 0) is 14.3 Å². The second kappa shape index (κ2) is 9.29. The molecule has 3 aromatic rings. The Morgan fingerprint density at radius 1 is 1.27 bits per heavy atom. The van der Waals surface area contributed by atoms with Crippen LogP contribution in [0.4, 0.5) is 5.13 Å². The SMILES string of the molecule is CC(=O)C1=CCC(OCC(=O)Nc2nnc(Sc3ccnc4ccccc34)s2)C=C1. The van der Waals surface area contributed by atoms with Crippen LogP contribution in [0, 0.1) is 0 Å². The average Bonchev–Trinajstić information content (AvgIpc) is 3.19. The van der Waals surface area contributed by atoms with Crippen LogP contribution in [-0.4, -0.2) is 39.6 Å². The van der Waals surface area contributed by atoms with Gasteiger partial charge in [0.25, 0.3) is 5.91 Å². The van der Waals surface area contributed by atoms with Gasteiger partial charge < -0.3 is 4.74 Å². The van der Waals surface area contributed by atoms with E-state index < -0.39 is 0 Å². The summed E-state index contributed by atoms with van der Waals surface area (Å²) < 4.78 is 6.31. The monoisotopic (exact) mass is 438 g/mol. The van der Waals surface area contributed by atoms with E-state index in [1.807, 2.05) is 36.4 Å². The molecule has 1 atom stereocenters. The minimum absolute atomic E-state index is 0.0205. The van der Waals surface area contributed by atoms with E-state index in [0.29, 0.717) is 17.1 Å². The van der Waals surface area contributed by atoms with E-state index in [9.17, 15) is 9.59 Å². The summed E-state index contributed by atoms with van der Waals surface area (Å²) in [5.74, 6) is -0.279. The Balaban J connectivity index is 1.31. The van der Waals surface area contributed by atoms with Gasteiger partial charge in [-0.2, -0.15) is 0 Å². The molecule has 0 fully saturated rings. The molecule has 0 saturated carbocycles. The van der Waals surface area contributed by atoms with Gasteiger partial charge in [-0.05, 0) is 25.5 Å². The van der Waals surface area contributed by atoms with Crippen LogP contribution in [0.3, 0.4) is 0 Å². The Morgan fingerprint density at radius 3 is 2.93 bits per heavy atom. The van der Waals surface area contributed by atoms with Crippen molar-refractivity contribution in [3.05, 3.63) is 60.3 Å². The highest BCUT2D eigenvalue weighted by atomic mass is 32.2. The minimum atomic E-state index is -0.299. The molecule has 0 aliphatic heterocycles. The Labute approximate surface area is 181 Å². The molecule has 1 amide bonds. The molecule has 1 aromatic carbocycles. The summed E-state index contributed by atoms with van der Waals surface area (Å²) in [4.78, 5) is 28.9. The molecule has 7 nitrogen and oxygen atoms in total. The molecule has 1 aliphatic carbocycles. The Hall–Kier alpha value is -2.88. The number of aromatic nitrogens is 3. The highest BCUT2D eigenvalue weighted by Crippen LogP contribution is 2.35. The first-order valence-corrected chi connectivity index (χ1v) is 10.9. The predicted octanol–water partition coefficient (Wildman–Crippen LogP) is 4.04. The molecular weight excluding hydrogens is 420 g/mol. The number of Topliss-reactive ketones (excluding diaryl/α,β-unsaturated/α-hetero) is 1. The zero-order valence-corrected chi connectivity index (χ0v) is 17.7. The highest BCUT2D eigenvalue weighted by molar-refractivity contribution is 8.01. The molecule has 1 unspecified atom stereocenters. The Morgan fingerprint density at radius 2 is 2.13 bits per heavy atom. The first-order valence-electron chi connectivity index (χ1n) is 9.24. The van der Waals surface area contributed by atoms with Gasteiger partial charge in [0.2, 0.25) is 5.13 Å². The number of rotatable bonds is 7. The maximum absolute atomic E-state index is 12.2. The summed E-state index contributed by atoms with van der Waals surface area (Å²) in [5, 5.41) is 12.4. The van der Waals surface area contributed by atoms with E-state index in [4.69, 9.17) is 4.74 Å². The molecule has 2 aromatic heterocycles. The first kappa shape index (κ1) is 20.4. The van der Waals surface area contributed by atoms with Gasteiger partial charge in [0, 0.05) is 22.1 Å². The lowest BCUT2D eigenvalue weighted by atomic mass is 10.0. The van der Waals surface area contributed by atoms with E-state index in [0.717, 1.165) is 20.1 Å². The summed E-state index contributed by atoms with van der Waals surface area (Å²) in [6, 6.07) is 9.83. The lowest BCUT2D eigenvalue weighted by molar-refractivity contribution is -0.121. The fourth-order valence-corrected chi connectivity index (χ4v) is 4.73. The fourth-order valence-electron chi connectivity index (χ4n) is 2.88. The number of nitrogens with zero attached hydrogens (tertiary/aromatic N) is 3. The number of carbonyl (C=O) groups excluding carboxylic acids is 2. The van der Waals surface area contributed by atoms with E-state index in [1.54, 1.807) is 18.3 Å². The van der Waals surface area contributed by atoms with Gasteiger partial charge in [0.1, 0.15) is 6.61 Å². The zero-order valence-electron chi connectivity index (χ0n) is 16.1. The predicted molar refractivity (Wildman–Crippen MR) is 117 cm³/mol. The van der Waals surface area contributed by atoms with Crippen molar-refractivity contribution < 1.29 is 14.3 Å². The van der Waals surface area contributed by atoms with Crippen LogP contribution in [0.15, 0.2) is 69.6 Å². The van der Waals surface area contributed by atoms with Crippen molar-refractivity contribution in [2.45, 2.75) is 28.7 Å². The molecule has 0 spiro atoms. The summed E-state index contributed by atoms with van der Waals surface area (Å²) in [6.45, 7) is 1.42. The fraction of sp³-hybridized carbons (Fsp3) is 0.190. The zero-order chi connectivity index (χ0) is 20.9. The van der Waals surface area contributed by atoms with Crippen molar-refractivity contribution >= 4 is 50.8 Å². The van der Waals surface area contributed by atoms with Gasteiger partial charge in [-0.3, -0.25) is 19.9 Å². The van der Waals surface area contributed by atoms with Crippen molar-refractivity contribution in [3.8, 4) is 0 Å². The van der Waals surface area contributed by atoms with Crippen LogP contribution in [0.25, 0.3) is 10.9 Å². The number of para-hydroxylation sites is 1. The molecule has 4 rings (SSSR count). The standard InChI is InChI=1S/C21H18N4O3S2/c1-13(26)14-6-8-15(9-7-14)28-12-19(27)23-20-24-25-21(30-20)29-18-10-11-22-17-5-3-2-4-16(17)18/h2-8,10-11,15H,9,12H2,1H3,(H,23,24,27). The molecule has 0 saturated heterocycles. The summed E-state index contributed by atoms with van der Waals surface area (Å²) in [6.07, 6.45) is 7.45. The van der Waals surface area contributed by atoms with Crippen LogP contribution >= 0.6 is 23.1 Å². The van der Waals surface area contributed by atoms with Crippen LogP contribution in [0.5, 0.6) is 0 Å². The molecule has 9 heteroatoms. The third-order valence-corrected chi connectivity index (χ3v) is 6.32. The number of ketones is 1. The van der Waals surface area contributed by atoms with Gasteiger partial charge in [0.15, 0.2) is 10.1 Å². The maximum Gasteiger partial charge on any atom is 0.252 e. The molecule has 0 bridgehead atoms. The summed E-state index contributed by atoms with van der Waals surface area (Å²) in [7, 11) is 0. The van der Waals surface area contributed by atoms with Crippen molar-refractivity contribution in [1.82, 2.24) is 15.2 Å². The molecule has 30 heavy (non-hydrogen) atoms. The van der Waals surface area contributed by atoms with Crippen molar-refractivity contribution in [3.63, 3.8) is 0 Å². The lowest BCUT2D eigenvalue weighted by Gasteiger charge is -2.15. The maximum atomic E-state index is 12.2. The van der Waals surface area contributed by atoms with E-state index in [2.05, 4.69) is 20.5 Å². The topological polar surface area (TPSA) is 94.1 Å². The van der Waals surface area contributed by atoms with Gasteiger partial charge in [-0.15, -0.1) is 10.2 Å². The first-order chi connectivity index (χ1) is 14.6. The number of hydrogen-bond donors (Lipinski definition) is 1. The van der Waals surface area contributed by atoms with Gasteiger partial charge in [-0.1, -0.05) is 59.5 Å². The second-order valence-corrected chi connectivity index (χ2v) is 8.78. The lowest BCUT2D eigenvalue weighted by Crippen LogP contribution is -2.23. The molecule has 152 valence electrons. The number of anilines is 1. The largest absolute Gasteiger partial charge is 0.364 e. The smallest absolute Gasteiger partial charge is 0.252 e. The Kier molecular flexibility index (Phi) is 6.32. The minimum Gasteiger partial charge on any atom is -0.364 e. The number of allylic oxidation sites excluding steroid dienone is 2. The van der Waals surface area contributed by atoms with Crippen molar-refractivity contribution in [2.24, 2.45) is 0 Å². The molecule has 1 N–H and O–H groups in total. The Bertz CT molecular complexity index is 1150. The number of ether oxygens (including phenoxy) is 1. The average molecular weight is 439 g/mol. The van der Waals surface area contributed by atoms with E-state index >= 15 is 0 Å². The van der Waals surface area contributed by atoms with Crippen LogP contribution in [0.1, 0.15) is 13.3 Å². The van der Waals surface area contributed by atoms with Crippen molar-refractivity contribution in [1.29, 1.82) is 0 Å². The molecule has 1 aliphatic rings. The van der Waals surface area contributed by atoms with Crippen LogP contribution < -0.4 is 5.32 Å². The van der Waals surface area contributed by atoms with Gasteiger partial charge >= 0.3 is 0 Å². The number of pyridine rings is 1. The number of amides is 1. The molecule has 0 radical (unpaired) electrons. The number of hydrogen-bond acceptors (Lipinski definition) is 8. The third kappa shape index (κ3) is 4.99. The normalized spacial score (nSPS) is 15.8. The molecule has 2 heterocycles. The quantitative estimate of drug-likeness (QED) is 0.557. The van der Waals surface area contributed by atoms with Gasteiger partial charge in [0.05, 0.1) is 11.6 Å². The van der Waals surface area contributed by atoms with E-state index in [1.165, 1.54) is 30.0 Å². The number of benzene rings is 1. The van der Waals surface area contributed by atoms with Gasteiger partial charge in [-0.25, -0.2) is 0 Å². The summed E-state index contributed by atoms with van der Waals surface area (Å²) >= 11 is 2.78. The van der Waals surface area contributed by atoms with Crippen molar-refractivity contribution in [2.75, 3.05) is 11.9 Å². The van der Waals surface area contributed by atoms with Crippen LogP contribution in [0.2, 0.25) is 0 Å². The highest BCUT2D eigenvalue weighted by Gasteiger charge is 2.15. The van der Waals surface area contributed by atoms with E-state index in [-0.39, 0.29) is 24.4 Å². The number of fused-ring (bicyclic) bond motifs is 1. The molecular formula is C21H18N4O3S2.